The van der Waals surface area contributed by atoms with Crippen molar-refractivity contribution >= 4 is 63.4 Å². The van der Waals surface area contributed by atoms with Crippen molar-refractivity contribution in [2.45, 2.75) is 16.3 Å². The summed E-state index contributed by atoms with van der Waals surface area (Å²) in [5.74, 6) is -1.01. The van der Waals surface area contributed by atoms with E-state index in [-0.39, 0.29) is 5.69 Å². The number of benzene rings is 3. The van der Waals surface area contributed by atoms with Gasteiger partial charge in [0.2, 0.25) is 0 Å². The number of carbonyl (C=O) groups is 1. The summed E-state index contributed by atoms with van der Waals surface area (Å²) >= 11 is 20.3. The highest BCUT2D eigenvalue weighted by molar-refractivity contribution is 7.99. The lowest BCUT2D eigenvalue weighted by molar-refractivity contribution is 0.0686. The molecule has 0 radical (unpaired) electrons. The molecule has 0 unspecified atom stereocenters. The second kappa shape index (κ2) is 9.96. The van der Waals surface area contributed by atoms with Gasteiger partial charge in [-0.25, -0.2) is 4.79 Å². The SMILES string of the molecule is O=C(O)c1cc2c(Sc3ccc(Cl)cc3Cl)cc(Cl)cc2n1Cc1ccc(-c2ccncc2)cc1. The quantitative estimate of drug-likeness (QED) is 0.235. The molecule has 1 N–H and O–H groups in total. The Kier molecular flexibility index (Phi) is 6.76. The smallest absolute Gasteiger partial charge is 0.352 e. The molecule has 0 atom stereocenters. The molecule has 0 aliphatic carbocycles. The number of carboxylic acids is 1. The first-order valence-corrected chi connectivity index (χ1v) is 12.5. The highest BCUT2D eigenvalue weighted by Crippen LogP contribution is 2.41. The Morgan fingerprint density at radius 3 is 2.23 bits per heavy atom. The van der Waals surface area contributed by atoms with E-state index in [0.717, 1.165) is 37.4 Å². The fraction of sp³-hybridized carbons (Fsp3) is 0.0370. The van der Waals surface area contributed by atoms with Crippen LogP contribution < -0.4 is 0 Å². The Bertz CT molecular complexity index is 1550. The molecule has 0 saturated carbocycles. The fourth-order valence-corrected chi connectivity index (χ4v) is 5.72. The monoisotopic (exact) mass is 538 g/mol. The minimum atomic E-state index is -1.01. The van der Waals surface area contributed by atoms with Crippen LogP contribution in [0.2, 0.25) is 15.1 Å². The molecular weight excluding hydrogens is 523 g/mol. The molecule has 0 aliphatic rings. The van der Waals surface area contributed by atoms with Crippen molar-refractivity contribution in [2.75, 3.05) is 0 Å². The summed E-state index contributed by atoms with van der Waals surface area (Å²) in [6.07, 6.45) is 3.51. The van der Waals surface area contributed by atoms with Gasteiger partial charge in [-0.2, -0.15) is 0 Å². The van der Waals surface area contributed by atoms with E-state index in [1.807, 2.05) is 48.5 Å². The van der Waals surface area contributed by atoms with E-state index in [4.69, 9.17) is 34.8 Å². The lowest BCUT2D eigenvalue weighted by Crippen LogP contribution is -2.09. The van der Waals surface area contributed by atoms with Gasteiger partial charge in [0.25, 0.3) is 0 Å². The van der Waals surface area contributed by atoms with Gasteiger partial charge in [-0.3, -0.25) is 4.98 Å². The molecule has 0 spiro atoms. The molecule has 2 heterocycles. The highest BCUT2D eigenvalue weighted by Gasteiger charge is 2.19. The zero-order valence-corrected chi connectivity index (χ0v) is 21.2. The van der Waals surface area contributed by atoms with Crippen molar-refractivity contribution in [2.24, 2.45) is 0 Å². The third-order valence-electron chi connectivity index (χ3n) is 5.59. The van der Waals surface area contributed by atoms with Crippen molar-refractivity contribution in [1.82, 2.24) is 9.55 Å². The zero-order valence-electron chi connectivity index (χ0n) is 18.1. The summed E-state index contributed by atoms with van der Waals surface area (Å²) in [5, 5.41) is 12.3. The average molecular weight is 540 g/mol. The summed E-state index contributed by atoms with van der Waals surface area (Å²) < 4.78 is 1.78. The van der Waals surface area contributed by atoms with E-state index in [1.165, 1.54) is 11.8 Å². The Morgan fingerprint density at radius 1 is 0.829 bits per heavy atom. The van der Waals surface area contributed by atoms with Crippen molar-refractivity contribution in [1.29, 1.82) is 0 Å². The van der Waals surface area contributed by atoms with E-state index >= 15 is 0 Å². The summed E-state index contributed by atoms with van der Waals surface area (Å²) in [7, 11) is 0. The molecule has 8 heteroatoms. The van der Waals surface area contributed by atoms with Crippen molar-refractivity contribution in [3.63, 3.8) is 0 Å². The van der Waals surface area contributed by atoms with Crippen LogP contribution in [-0.2, 0) is 6.54 Å². The lowest BCUT2D eigenvalue weighted by atomic mass is 10.1. The molecule has 0 bridgehead atoms. The number of halogens is 3. The second-order valence-electron chi connectivity index (χ2n) is 7.87. The molecule has 174 valence electrons. The number of hydrogen-bond donors (Lipinski definition) is 1. The van der Waals surface area contributed by atoms with Crippen molar-refractivity contribution in [3.05, 3.63) is 112 Å². The fourth-order valence-electron chi connectivity index (χ4n) is 3.93. The van der Waals surface area contributed by atoms with E-state index < -0.39 is 5.97 Å². The first-order valence-electron chi connectivity index (χ1n) is 10.6. The lowest BCUT2D eigenvalue weighted by Gasteiger charge is -2.11. The molecule has 2 aromatic heterocycles. The molecule has 5 aromatic rings. The van der Waals surface area contributed by atoms with Crippen LogP contribution in [0.1, 0.15) is 16.1 Å². The Morgan fingerprint density at radius 2 is 1.54 bits per heavy atom. The highest BCUT2D eigenvalue weighted by atomic mass is 35.5. The van der Waals surface area contributed by atoms with E-state index in [1.54, 1.807) is 41.2 Å². The van der Waals surface area contributed by atoms with Crippen LogP contribution in [0.25, 0.3) is 22.0 Å². The van der Waals surface area contributed by atoms with Gasteiger partial charge < -0.3 is 9.67 Å². The predicted molar refractivity (Wildman–Crippen MR) is 143 cm³/mol. The average Bonchev–Trinajstić information content (AvgIpc) is 3.20. The van der Waals surface area contributed by atoms with Crippen molar-refractivity contribution < 1.29 is 9.90 Å². The van der Waals surface area contributed by atoms with Crippen molar-refractivity contribution in [3.8, 4) is 11.1 Å². The third kappa shape index (κ3) is 5.04. The maximum atomic E-state index is 12.2. The molecule has 0 amide bonds. The maximum absolute atomic E-state index is 12.2. The Hall–Kier alpha value is -2.96. The van der Waals surface area contributed by atoms with Gasteiger partial charge >= 0.3 is 5.97 Å². The molecule has 4 nitrogen and oxygen atoms in total. The molecule has 0 fully saturated rings. The number of fused-ring (bicyclic) bond motifs is 1. The van der Waals surface area contributed by atoms with Gasteiger partial charge in [0.1, 0.15) is 5.69 Å². The summed E-state index contributed by atoms with van der Waals surface area (Å²) in [5.41, 5.74) is 4.02. The first-order chi connectivity index (χ1) is 16.9. The van der Waals surface area contributed by atoms with Crippen LogP contribution in [0, 0.1) is 0 Å². The normalized spacial score (nSPS) is 11.2. The van der Waals surface area contributed by atoms with Crippen LogP contribution in [-0.4, -0.2) is 20.6 Å². The number of aromatic carboxylic acids is 1. The molecular formula is C27H17Cl3N2O2S. The van der Waals surface area contributed by atoms with E-state index in [9.17, 15) is 9.90 Å². The number of nitrogens with zero attached hydrogens (tertiary/aromatic N) is 2. The number of aromatic nitrogens is 2. The van der Waals surface area contributed by atoms with Crippen LogP contribution >= 0.6 is 46.6 Å². The minimum Gasteiger partial charge on any atom is -0.477 e. The van der Waals surface area contributed by atoms with E-state index in [2.05, 4.69) is 4.98 Å². The van der Waals surface area contributed by atoms with Crippen LogP contribution in [0.3, 0.4) is 0 Å². The molecule has 5 rings (SSSR count). The summed E-state index contributed by atoms with van der Waals surface area (Å²) in [4.78, 5) is 17.8. The summed E-state index contributed by atoms with van der Waals surface area (Å²) in [6, 6.07) is 22.5. The number of rotatable bonds is 6. The third-order valence-corrected chi connectivity index (χ3v) is 7.60. The molecule has 3 aromatic carbocycles. The summed E-state index contributed by atoms with van der Waals surface area (Å²) in [6.45, 7) is 0.383. The van der Waals surface area contributed by atoms with Gasteiger partial charge in [0.05, 0.1) is 10.5 Å². The minimum absolute atomic E-state index is 0.185. The molecule has 0 saturated heterocycles. The molecule has 35 heavy (non-hydrogen) atoms. The van der Waals surface area contributed by atoms with Crippen LogP contribution in [0.5, 0.6) is 0 Å². The standard InChI is InChI=1S/C27H17Cl3N2O2S/c28-19-5-6-25(22(30)11-19)35-26-13-20(29)12-23-21(26)14-24(27(33)34)32(23)15-16-1-3-17(4-2-16)18-7-9-31-10-8-18/h1-14H,15H2,(H,33,34). The van der Waals surface area contributed by atoms with Gasteiger partial charge in [0.15, 0.2) is 0 Å². The van der Waals surface area contributed by atoms with Gasteiger partial charge in [-0.1, -0.05) is 70.8 Å². The second-order valence-corrected chi connectivity index (χ2v) is 10.2. The largest absolute Gasteiger partial charge is 0.477 e. The van der Waals surface area contributed by atoms with Crippen LogP contribution in [0.4, 0.5) is 0 Å². The number of hydrogen-bond acceptors (Lipinski definition) is 3. The zero-order chi connectivity index (χ0) is 24.5. The van der Waals surface area contributed by atoms with Gasteiger partial charge in [0, 0.05) is 44.2 Å². The Balaban J connectivity index is 1.55. The van der Waals surface area contributed by atoms with E-state index in [0.29, 0.717) is 21.6 Å². The number of carboxylic acid groups (broad SMARTS) is 1. The van der Waals surface area contributed by atoms with Gasteiger partial charge in [-0.15, -0.1) is 0 Å². The first kappa shape index (κ1) is 23.8. The van der Waals surface area contributed by atoms with Crippen LogP contribution in [0.15, 0.2) is 95.0 Å². The molecule has 0 aliphatic heterocycles. The number of pyridine rings is 1. The Labute approximate surface area is 221 Å². The maximum Gasteiger partial charge on any atom is 0.352 e. The van der Waals surface area contributed by atoms with Gasteiger partial charge in [-0.05, 0) is 65.2 Å². The predicted octanol–water partition coefficient (Wildman–Crippen LogP) is 8.56. The topological polar surface area (TPSA) is 55.1 Å².